The van der Waals surface area contributed by atoms with Crippen molar-refractivity contribution in [2.75, 3.05) is 5.32 Å². The summed E-state index contributed by atoms with van der Waals surface area (Å²) in [5.74, 6) is -0.932. The second-order valence-electron chi connectivity index (χ2n) is 4.05. The van der Waals surface area contributed by atoms with Gasteiger partial charge in [-0.1, -0.05) is 15.9 Å². The second-order valence-corrected chi connectivity index (χ2v) is 4.97. The predicted octanol–water partition coefficient (Wildman–Crippen LogP) is 2.90. The highest BCUT2D eigenvalue weighted by Crippen LogP contribution is 2.21. The average Bonchev–Trinajstić information content (AvgIpc) is 2.86. The fraction of sp³-hybridized carbons (Fsp3) is 0.231. The maximum Gasteiger partial charge on any atom is 0.330 e. The molecule has 19 heavy (non-hydrogen) atoms. The molecule has 0 aliphatic heterocycles. The minimum atomic E-state index is -0.932. The van der Waals surface area contributed by atoms with E-state index in [1.807, 2.05) is 31.2 Å². The summed E-state index contributed by atoms with van der Waals surface area (Å²) in [5, 5.41) is 16.4. The van der Waals surface area contributed by atoms with Crippen molar-refractivity contribution in [1.29, 1.82) is 0 Å². The molecule has 0 amide bonds. The highest BCUT2D eigenvalue weighted by Gasteiger charge is 2.21. The van der Waals surface area contributed by atoms with Crippen molar-refractivity contribution >= 4 is 27.6 Å². The van der Waals surface area contributed by atoms with Crippen molar-refractivity contribution in [3.8, 4) is 0 Å². The van der Waals surface area contributed by atoms with Crippen LogP contribution in [0.4, 0.5) is 5.69 Å². The molecule has 5 nitrogen and oxygen atoms in total. The number of aliphatic carboxylic acids is 1. The Morgan fingerprint density at radius 2 is 2.16 bits per heavy atom. The molecule has 1 heterocycles. The van der Waals surface area contributed by atoms with Crippen LogP contribution < -0.4 is 5.32 Å². The largest absolute Gasteiger partial charge is 0.479 e. The van der Waals surface area contributed by atoms with Gasteiger partial charge in [-0.25, -0.2) is 4.79 Å². The van der Waals surface area contributed by atoms with E-state index in [4.69, 9.17) is 0 Å². The monoisotopic (exact) mass is 323 g/mol. The summed E-state index contributed by atoms with van der Waals surface area (Å²) < 4.78 is 2.65. The topological polar surface area (TPSA) is 67.2 Å². The number of carboxylic acids is 1. The molecule has 2 rings (SSSR count). The smallest absolute Gasteiger partial charge is 0.330 e. The maximum atomic E-state index is 11.4. The van der Waals surface area contributed by atoms with Crippen LogP contribution in [0.5, 0.6) is 0 Å². The van der Waals surface area contributed by atoms with E-state index in [1.54, 1.807) is 17.1 Å². The van der Waals surface area contributed by atoms with E-state index in [9.17, 15) is 9.90 Å². The predicted molar refractivity (Wildman–Crippen MR) is 76.0 cm³/mol. The molecule has 6 heteroatoms. The summed E-state index contributed by atoms with van der Waals surface area (Å²) in [6.45, 7) is 2.67. The third-order valence-electron chi connectivity index (χ3n) is 2.71. The van der Waals surface area contributed by atoms with Crippen molar-refractivity contribution in [3.63, 3.8) is 0 Å². The third-order valence-corrected chi connectivity index (χ3v) is 3.24. The Hall–Kier alpha value is -1.82. The number of rotatable bonds is 5. The summed E-state index contributed by atoms with van der Waals surface area (Å²) in [7, 11) is 0. The Labute approximate surface area is 119 Å². The fourth-order valence-corrected chi connectivity index (χ4v) is 1.97. The van der Waals surface area contributed by atoms with Gasteiger partial charge in [0.2, 0.25) is 0 Å². The molecule has 0 saturated heterocycles. The lowest BCUT2D eigenvalue weighted by atomic mass is 10.1. The fourth-order valence-electron chi connectivity index (χ4n) is 1.70. The summed E-state index contributed by atoms with van der Waals surface area (Å²) in [6.07, 6.45) is 3.32. The van der Waals surface area contributed by atoms with Gasteiger partial charge >= 0.3 is 5.97 Å². The second kappa shape index (κ2) is 5.88. The van der Waals surface area contributed by atoms with Gasteiger partial charge in [0.15, 0.2) is 6.04 Å². The Morgan fingerprint density at radius 3 is 2.68 bits per heavy atom. The SMILES string of the molecule is CCn1cc(C(Nc2ccc(Br)cc2)C(=O)O)cn1. The first-order valence-electron chi connectivity index (χ1n) is 5.87. The summed E-state index contributed by atoms with van der Waals surface area (Å²) >= 11 is 3.34. The number of halogens is 1. The highest BCUT2D eigenvalue weighted by molar-refractivity contribution is 9.10. The van der Waals surface area contributed by atoms with Crippen molar-refractivity contribution in [2.45, 2.75) is 19.5 Å². The molecule has 1 unspecified atom stereocenters. The van der Waals surface area contributed by atoms with E-state index in [2.05, 4.69) is 26.3 Å². The summed E-state index contributed by atoms with van der Waals surface area (Å²) in [4.78, 5) is 11.4. The first-order valence-corrected chi connectivity index (χ1v) is 6.66. The Balaban J connectivity index is 2.21. The van der Waals surface area contributed by atoms with Gasteiger partial charge in [0.25, 0.3) is 0 Å². The number of hydrogen-bond donors (Lipinski definition) is 2. The van der Waals surface area contributed by atoms with Gasteiger partial charge in [0, 0.05) is 28.5 Å². The van der Waals surface area contributed by atoms with Crippen LogP contribution in [0.25, 0.3) is 0 Å². The number of aryl methyl sites for hydroxylation is 1. The van der Waals surface area contributed by atoms with E-state index >= 15 is 0 Å². The molecule has 2 N–H and O–H groups in total. The number of carbonyl (C=O) groups is 1. The molecular formula is C13H14BrN3O2. The van der Waals surface area contributed by atoms with Crippen LogP contribution in [-0.4, -0.2) is 20.9 Å². The van der Waals surface area contributed by atoms with Crippen LogP contribution in [0, 0.1) is 0 Å². The molecular weight excluding hydrogens is 310 g/mol. The number of benzene rings is 1. The van der Waals surface area contributed by atoms with Crippen LogP contribution in [0.3, 0.4) is 0 Å². The molecule has 1 aromatic carbocycles. The number of anilines is 1. The van der Waals surface area contributed by atoms with Gasteiger partial charge in [0.1, 0.15) is 0 Å². The lowest BCUT2D eigenvalue weighted by molar-refractivity contribution is -0.138. The van der Waals surface area contributed by atoms with Gasteiger partial charge in [-0.2, -0.15) is 5.10 Å². The van der Waals surface area contributed by atoms with E-state index in [0.717, 1.165) is 10.2 Å². The van der Waals surface area contributed by atoms with E-state index < -0.39 is 12.0 Å². The molecule has 0 fully saturated rings. The molecule has 0 radical (unpaired) electrons. The third kappa shape index (κ3) is 3.35. The lowest BCUT2D eigenvalue weighted by Gasteiger charge is -2.14. The summed E-state index contributed by atoms with van der Waals surface area (Å²) in [5.41, 5.74) is 1.39. The van der Waals surface area contributed by atoms with Gasteiger partial charge in [-0.3, -0.25) is 4.68 Å². The zero-order chi connectivity index (χ0) is 13.8. The molecule has 2 aromatic rings. The van der Waals surface area contributed by atoms with E-state index in [0.29, 0.717) is 12.1 Å². The van der Waals surface area contributed by atoms with Crippen LogP contribution in [-0.2, 0) is 11.3 Å². The quantitative estimate of drug-likeness (QED) is 0.887. The standard InChI is InChI=1S/C13H14BrN3O2/c1-2-17-8-9(7-15-17)12(13(18)19)16-11-5-3-10(14)4-6-11/h3-8,12,16H,2H2,1H3,(H,18,19). The molecule has 1 aromatic heterocycles. The van der Waals surface area contributed by atoms with E-state index in [-0.39, 0.29) is 0 Å². The van der Waals surface area contributed by atoms with Crippen LogP contribution in [0.2, 0.25) is 0 Å². The Morgan fingerprint density at radius 1 is 1.47 bits per heavy atom. The zero-order valence-corrected chi connectivity index (χ0v) is 12.0. The minimum Gasteiger partial charge on any atom is -0.479 e. The van der Waals surface area contributed by atoms with Gasteiger partial charge in [-0.05, 0) is 31.2 Å². The number of hydrogen-bond acceptors (Lipinski definition) is 3. The van der Waals surface area contributed by atoms with Crippen molar-refractivity contribution in [1.82, 2.24) is 9.78 Å². The zero-order valence-electron chi connectivity index (χ0n) is 10.4. The Kier molecular flexibility index (Phi) is 4.21. The maximum absolute atomic E-state index is 11.4. The highest BCUT2D eigenvalue weighted by atomic mass is 79.9. The number of aromatic nitrogens is 2. The normalized spacial score (nSPS) is 12.1. The first kappa shape index (κ1) is 13.6. The average molecular weight is 324 g/mol. The van der Waals surface area contributed by atoms with Crippen LogP contribution >= 0.6 is 15.9 Å². The molecule has 0 aliphatic carbocycles. The van der Waals surface area contributed by atoms with Crippen molar-refractivity contribution < 1.29 is 9.90 Å². The molecule has 0 bridgehead atoms. The lowest BCUT2D eigenvalue weighted by Crippen LogP contribution is -2.20. The molecule has 1 atom stereocenters. The number of nitrogens with one attached hydrogen (secondary N) is 1. The number of nitrogens with zero attached hydrogens (tertiary/aromatic N) is 2. The molecule has 0 saturated carbocycles. The Bertz CT molecular complexity index is 566. The number of carboxylic acid groups (broad SMARTS) is 1. The van der Waals surface area contributed by atoms with Gasteiger partial charge < -0.3 is 10.4 Å². The summed E-state index contributed by atoms with van der Waals surface area (Å²) in [6, 6.07) is 6.56. The molecule has 0 aliphatic rings. The van der Waals surface area contributed by atoms with Crippen LogP contribution in [0.15, 0.2) is 41.1 Å². The van der Waals surface area contributed by atoms with Crippen LogP contribution in [0.1, 0.15) is 18.5 Å². The van der Waals surface area contributed by atoms with Crippen molar-refractivity contribution in [2.24, 2.45) is 0 Å². The molecule has 100 valence electrons. The van der Waals surface area contributed by atoms with Gasteiger partial charge in [0.05, 0.1) is 6.20 Å². The van der Waals surface area contributed by atoms with E-state index in [1.165, 1.54) is 0 Å². The van der Waals surface area contributed by atoms with Gasteiger partial charge in [-0.15, -0.1) is 0 Å². The molecule has 0 spiro atoms. The first-order chi connectivity index (χ1) is 9.10. The minimum absolute atomic E-state index is 0.636. The van der Waals surface area contributed by atoms with Crippen molar-refractivity contribution in [3.05, 3.63) is 46.7 Å².